The number of amides is 1. The predicted molar refractivity (Wildman–Crippen MR) is 113 cm³/mol. The Bertz CT molecular complexity index is 1050. The van der Waals surface area contributed by atoms with Crippen molar-refractivity contribution >= 4 is 23.4 Å². The van der Waals surface area contributed by atoms with Crippen molar-refractivity contribution in [2.75, 3.05) is 24.3 Å². The van der Waals surface area contributed by atoms with Gasteiger partial charge < -0.3 is 14.8 Å². The summed E-state index contributed by atoms with van der Waals surface area (Å²) in [5.41, 5.74) is 1.67. The van der Waals surface area contributed by atoms with E-state index < -0.39 is 0 Å². The summed E-state index contributed by atoms with van der Waals surface area (Å²) >= 11 is 1.40. The lowest BCUT2D eigenvalue weighted by atomic mass is 10.2. The smallest absolute Gasteiger partial charge is 0.234 e. The van der Waals surface area contributed by atoms with Crippen LogP contribution in [-0.2, 0) is 4.79 Å². The number of rotatable bonds is 6. The Morgan fingerprint density at radius 1 is 1.10 bits per heavy atom. The number of nitrogens with zero attached hydrogens (tertiary/aromatic N) is 4. The normalized spacial score (nSPS) is 15.5. The van der Waals surface area contributed by atoms with E-state index in [-0.39, 0.29) is 11.7 Å². The van der Waals surface area contributed by atoms with E-state index in [0.717, 1.165) is 35.8 Å². The highest BCUT2D eigenvalue weighted by Crippen LogP contribution is 2.41. The third-order valence-electron chi connectivity index (χ3n) is 4.88. The molecule has 3 aromatic rings. The summed E-state index contributed by atoms with van der Waals surface area (Å²) in [6, 6.07) is 9.70. The molecule has 1 N–H and O–H groups in total. The molecule has 0 bridgehead atoms. The van der Waals surface area contributed by atoms with E-state index in [4.69, 9.17) is 9.47 Å². The van der Waals surface area contributed by atoms with Crippen molar-refractivity contribution in [3.8, 4) is 22.9 Å². The molecule has 1 aliphatic carbocycles. The number of ether oxygens (including phenoxy) is 2. The number of thioether (sulfide) groups is 1. The minimum atomic E-state index is -0.106. The number of fused-ring (bicyclic) bond motifs is 1. The molecule has 8 nitrogen and oxygen atoms in total. The molecule has 5 rings (SSSR count). The van der Waals surface area contributed by atoms with Gasteiger partial charge >= 0.3 is 0 Å². The minimum absolute atomic E-state index is 0.106. The first kappa shape index (κ1) is 18.9. The van der Waals surface area contributed by atoms with Gasteiger partial charge in [0.05, 0.1) is 19.0 Å². The summed E-state index contributed by atoms with van der Waals surface area (Å²) in [6.45, 7) is 1.25. The monoisotopic (exact) mass is 423 g/mol. The van der Waals surface area contributed by atoms with Crippen molar-refractivity contribution in [3.05, 3.63) is 42.7 Å². The molecule has 0 atom stereocenters. The number of carbonyl (C=O) groups is 1. The van der Waals surface area contributed by atoms with Crippen molar-refractivity contribution in [3.63, 3.8) is 0 Å². The molecule has 1 aromatic carbocycles. The highest BCUT2D eigenvalue weighted by Gasteiger charge is 2.30. The number of nitrogens with one attached hydrogen (secondary N) is 1. The third-order valence-corrected chi connectivity index (χ3v) is 5.82. The molecular weight excluding hydrogens is 402 g/mol. The summed E-state index contributed by atoms with van der Waals surface area (Å²) in [4.78, 5) is 16.6. The zero-order chi connectivity index (χ0) is 20.3. The summed E-state index contributed by atoms with van der Waals surface area (Å²) < 4.78 is 13.5. The van der Waals surface area contributed by atoms with Crippen molar-refractivity contribution in [2.24, 2.45) is 0 Å². The maximum absolute atomic E-state index is 12.5. The standard InChI is InChI=1S/C21H21N5O3S/c27-19(23-15-2-5-17-18(12-15)29-11-1-10-28-17)13-30-21-25-24-20(26(21)16-3-4-16)14-6-8-22-9-7-14/h2,5-9,12,16H,1,3-4,10-11,13H2,(H,23,27). The molecule has 0 saturated heterocycles. The number of carbonyl (C=O) groups excluding carboxylic acids is 1. The molecule has 1 fully saturated rings. The average Bonchev–Trinajstić information content (AvgIpc) is 3.56. The highest BCUT2D eigenvalue weighted by molar-refractivity contribution is 7.99. The van der Waals surface area contributed by atoms with Crippen LogP contribution in [-0.4, -0.2) is 44.6 Å². The fourth-order valence-corrected chi connectivity index (χ4v) is 4.11. The molecule has 2 aliphatic rings. The number of pyridine rings is 1. The minimum Gasteiger partial charge on any atom is -0.490 e. The van der Waals surface area contributed by atoms with E-state index >= 15 is 0 Å². The van der Waals surface area contributed by atoms with Crippen LogP contribution in [0.4, 0.5) is 5.69 Å². The van der Waals surface area contributed by atoms with Crippen LogP contribution in [0.5, 0.6) is 11.5 Å². The van der Waals surface area contributed by atoms with Gasteiger partial charge in [-0.2, -0.15) is 0 Å². The van der Waals surface area contributed by atoms with Crippen LogP contribution in [0.2, 0.25) is 0 Å². The molecule has 30 heavy (non-hydrogen) atoms. The molecular formula is C21H21N5O3S. The number of anilines is 1. The van der Waals surface area contributed by atoms with Crippen molar-refractivity contribution < 1.29 is 14.3 Å². The van der Waals surface area contributed by atoms with Crippen LogP contribution in [0.15, 0.2) is 47.9 Å². The van der Waals surface area contributed by atoms with Gasteiger partial charge in [-0.15, -0.1) is 10.2 Å². The van der Waals surface area contributed by atoms with Crippen LogP contribution < -0.4 is 14.8 Å². The fraction of sp³-hybridized carbons (Fsp3) is 0.333. The topological polar surface area (TPSA) is 91.2 Å². The van der Waals surface area contributed by atoms with Gasteiger partial charge in [-0.25, -0.2) is 0 Å². The zero-order valence-corrected chi connectivity index (χ0v) is 17.1. The summed E-state index contributed by atoms with van der Waals surface area (Å²) in [5.74, 6) is 2.33. The first-order valence-corrected chi connectivity index (χ1v) is 10.9. The molecule has 0 radical (unpaired) electrons. The predicted octanol–water partition coefficient (Wildman–Crippen LogP) is 3.57. The molecule has 1 aliphatic heterocycles. The zero-order valence-electron chi connectivity index (χ0n) is 16.3. The van der Waals surface area contributed by atoms with Crippen LogP contribution in [0, 0.1) is 0 Å². The van der Waals surface area contributed by atoms with Crippen LogP contribution in [0.25, 0.3) is 11.4 Å². The summed E-state index contributed by atoms with van der Waals surface area (Å²) in [7, 11) is 0. The Labute approximate surface area is 178 Å². The van der Waals surface area contributed by atoms with E-state index in [2.05, 4.69) is 25.1 Å². The molecule has 1 saturated carbocycles. The van der Waals surface area contributed by atoms with Gasteiger partial charge in [0.15, 0.2) is 22.5 Å². The van der Waals surface area contributed by atoms with Crippen LogP contribution >= 0.6 is 11.8 Å². The van der Waals surface area contributed by atoms with Gasteiger partial charge in [-0.3, -0.25) is 14.3 Å². The summed E-state index contributed by atoms with van der Waals surface area (Å²) in [6.07, 6.45) is 6.55. The Hall–Kier alpha value is -3.07. The molecule has 2 aromatic heterocycles. The number of benzene rings is 1. The second-order valence-electron chi connectivity index (χ2n) is 7.19. The third kappa shape index (κ3) is 4.11. The Morgan fingerprint density at radius 3 is 2.70 bits per heavy atom. The second-order valence-corrected chi connectivity index (χ2v) is 8.13. The van der Waals surface area contributed by atoms with E-state index in [1.807, 2.05) is 24.3 Å². The molecule has 0 unspecified atom stereocenters. The number of aromatic nitrogens is 4. The van der Waals surface area contributed by atoms with Gasteiger partial charge in [-0.1, -0.05) is 11.8 Å². The van der Waals surface area contributed by atoms with E-state index in [1.165, 1.54) is 11.8 Å². The lowest BCUT2D eigenvalue weighted by Gasteiger charge is -2.11. The van der Waals surface area contributed by atoms with Crippen molar-refractivity contribution in [1.82, 2.24) is 19.7 Å². The molecule has 9 heteroatoms. The number of hydrogen-bond acceptors (Lipinski definition) is 7. The lowest BCUT2D eigenvalue weighted by molar-refractivity contribution is -0.113. The van der Waals surface area contributed by atoms with Crippen molar-refractivity contribution in [2.45, 2.75) is 30.5 Å². The second kappa shape index (κ2) is 8.35. The fourth-order valence-electron chi connectivity index (χ4n) is 3.30. The van der Waals surface area contributed by atoms with Gasteiger partial charge in [0.1, 0.15) is 0 Å². The van der Waals surface area contributed by atoms with Crippen molar-refractivity contribution in [1.29, 1.82) is 0 Å². The van der Waals surface area contributed by atoms with E-state index in [1.54, 1.807) is 18.5 Å². The Balaban J connectivity index is 1.26. The summed E-state index contributed by atoms with van der Waals surface area (Å²) in [5, 5.41) is 12.4. The first-order chi connectivity index (χ1) is 14.8. The maximum Gasteiger partial charge on any atom is 0.234 e. The van der Waals surface area contributed by atoms with Gasteiger partial charge in [-0.05, 0) is 37.1 Å². The molecule has 1 amide bonds. The van der Waals surface area contributed by atoms with Gasteiger partial charge in [0.2, 0.25) is 5.91 Å². The Kier molecular flexibility index (Phi) is 5.27. The molecule has 0 spiro atoms. The molecule has 3 heterocycles. The first-order valence-electron chi connectivity index (χ1n) is 9.95. The molecule has 154 valence electrons. The maximum atomic E-state index is 12.5. The number of hydrogen-bond donors (Lipinski definition) is 1. The highest BCUT2D eigenvalue weighted by atomic mass is 32.2. The van der Waals surface area contributed by atoms with Crippen LogP contribution in [0.1, 0.15) is 25.3 Å². The van der Waals surface area contributed by atoms with Crippen LogP contribution in [0.3, 0.4) is 0 Å². The lowest BCUT2D eigenvalue weighted by Crippen LogP contribution is -2.14. The average molecular weight is 423 g/mol. The Morgan fingerprint density at radius 2 is 1.90 bits per heavy atom. The largest absolute Gasteiger partial charge is 0.490 e. The van der Waals surface area contributed by atoms with Gasteiger partial charge in [0.25, 0.3) is 0 Å². The van der Waals surface area contributed by atoms with Gasteiger partial charge in [0, 0.05) is 42.2 Å². The quantitative estimate of drug-likeness (QED) is 0.606. The van der Waals surface area contributed by atoms with E-state index in [9.17, 15) is 4.79 Å². The van der Waals surface area contributed by atoms with E-state index in [0.29, 0.717) is 36.4 Å². The SMILES string of the molecule is O=C(CSc1nnc(-c2ccncc2)n1C1CC1)Nc1ccc2c(c1)OCCCO2.